The predicted octanol–water partition coefficient (Wildman–Crippen LogP) is 2.55. The molecule has 0 aliphatic heterocycles. The van der Waals surface area contributed by atoms with Crippen LogP contribution < -0.4 is 14.9 Å². The number of aromatic hydroxyl groups is 1. The van der Waals surface area contributed by atoms with Gasteiger partial charge in [0.25, 0.3) is 5.91 Å². The minimum Gasteiger partial charge on any atom is -0.504 e. The van der Waals surface area contributed by atoms with Crippen molar-refractivity contribution in [3.63, 3.8) is 0 Å². The van der Waals surface area contributed by atoms with Gasteiger partial charge in [-0.3, -0.25) is 4.79 Å². The van der Waals surface area contributed by atoms with Gasteiger partial charge in [-0.15, -0.1) is 0 Å². The molecule has 2 aromatic rings. The molecule has 0 aromatic heterocycles. The molecule has 126 valence electrons. The third-order valence-electron chi connectivity index (χ3n) is 3.31. The molecular weight excluding hydrogens is 308 g/mol. The quantitative estimate of drug-likeness (QED) is 0.631. The van der Waals surface area contributed by atoms with E-state index < -0.39 is 0 Å². The number of carbonyl (C=O) groups is 1. The number of methoxy groups -OCH3 is 1. The highest BCUT2D eigenvalue weighted by Crippen LogP contribution is 2.25. The summed E-state index contributed by atoms with van der Waals surface area (Å²) in [6.07, 6.45) is 1.43. The zero-order valence-electron chi connectivity index (χ0n) is 13.9. The Morgan fingerprint density at radius 1 is 1.21 bits per heavy atom. The lowest BCUT2D eigenvalue weighted by atomic mass is 10.1. The van der Waals surface area contributed by atoms with E-state index >= 15 is 0 Å². The minimum absolute atomic E-state index is 0.00559. The number of hydrogen-bond acceptors (Lipinski definition) is 5. The number of hydrazone groups is 1. The van der Waals surface area contributed by atoms with Crippen molar-refractivity contribution in [2.75, 3.05) is 13.7 Å². The van der Waals surface area contributed by atoms with Crippen molar-refractivity contribution in [1.82, 2.24) is 5.43 Å². The number of aryl methyl sites for hydroxylation is 2. The topological polar surface area (TPSA) is 80.2 Å². The zero-order chi connectivity index (χ0) is 17.5. The van der Waals surface area contributed by atoms with Crippen molar-refractivity contribution < 1.29 is 19.4 Å². The van der Waals surface area contributed by atoms with Crippen LogP contribution in [0.4, 0.5) is 0 Å². The lowest BCUT2D eigenvalue weighted by Crippen LogP contribution is -2.24. The van der Waals surface area contributed by atoms with Gasteiger partial charge in [0, 0.05) is 0 Å². The van der Waals surface area contributed by atoms with Crippen LogP contribution in [0.5, 0.6) is 17.2 Å². The van der Waals surface area contributed by atoms with Gasteiger partial charge in [0.15, 0.2) is 18.1 Å². The molecule has 0 bridgehead atoms. The van der Waals surface area contributed by atoms with E-state index in [2.05, 4.69) is 10.5 Å². The van der Waals surface area contributed by atoms with Crippen molar-refractivity contribution in [2.24, 2.45) is 5.10 Å². The highest BCUT2D eigenvalue weighted by atomic mass is 16.5. The number of nitrogens with zero attached hydrogens (tertiary/aromatic N) is 1. The van der Waals surface area contributed by atoms with Crippen LogP contribution in [0.25, 0.3) is 0 Å². The first-order valence-electron chi connectivity index (χ1n) is 7.38. The predicted molar refractivity (Wildman–Crippen MR) is 91.8 cm³/mol. The Morgan fingerprint density at radius 3 is 2.71 bits per heavy atom. The molecule has 0 fully saturated rings. The molecule has 24 heavy (non-hydrogen) atoms. The monoisotopic (exact) mass is 328 g/mol. The van der Waals surface area contributed by atoms with Crippen molar-refractivity contribution in [3.8, 4) is 17.2 Å². The Bertz CT molecular complexity index is 757. The van der Waals surface area contributed by atoms with E-state index in [0.29, 0.717) is 17.1 Å². The van der Waals surface area contributed by atoms with Crippen molar-refractivity contribution >= 4 is 12.1 Å². The maximum absolute atomic E-state index is 11.8. The van der Waals surface area contributed by atoms with Crippen LogP contribution in [0.3, 0.4) is 0 Å². The summed E-state index contributed by atoms with van der Waals surface area (Å²) in [4.78, 5) is 11.8. The first kappa shape index (κ1) is 17.3. The van der Waals surface area contributed by atoms with Gasteiger partial charge in [0.1, 0.15) is 5.75 Å². The first-order chi connectivity index (χ1) is 11.5. The number of amides is 1. The fourth-order valence-corrected chi connectivity index (χ4v) is 2.00. The number of phenols is 1. The minimum atomic E-state index is -0.370. The molecule has 0 saturated carbocycles. The van der Waals surface area contributed by atoms with Crippen LogP contribution in [0.2, 0.25) is 0 Å². The molecule has 2 N–H and O–H groups in total. The van der Waals surface area contributed by atoms with E-state index in [1.165, 1.54) is 19.4 Å². The number of benzene rings is 2. The molecule has 0 atom stereocenters. The van der Waals surface area contributed by atoms with Gasteiger partial charge in [-0.1, -0.05) is 12.1 Å². The molecule has 0 unspecified atom stereocenters. The highest BCUT2D eigenvalue weighted by molar-refractivity contribution is 5.83. The van der Waals surface area contributed by atoms with Gasteiger partial charge < -0.3 is 14.6 Å². The van der Waals surface area contributed by atoms with Crippen LogP contribution in [0, 0.1) is 13.8 Å². The second kappa shape index (κ2) is 8.01. The summed E-state index contributed by atoms with van der Waals surface area (Å²) in [6, 6.07) is 10.6. The van der Waals surface area contributed by atoms with E-state index in [-0.39, 0.29) is 18.3 Å². The third kappa shape index (κ3) is 4.74. The normalized spacial score (nSPS) is 10.6. The van der Waals surface area contributed by atoms with Crippen molar-refractivity contribution in [3.05, 3.63) is 53.1 Å². The number of phenolic OH excluding ortho intramolecular Hbond substituents is 1. The zero-order valence-corrected chi connectivity index (χ0v) is 13.9. The fourth-order valence-electron chi connectivity index (χ4n) is 2.00. The van der Waals surface area contributed by atoms with Crippen LogP contribution >= 0.6 is 0 Å². The van der Waals surface area contributed by atoms with Crippen LogP contribution in [-0.4, -0.2) is 30.9 Å². The Labute approximate surface area is 140 Å². The van der Waals surface area contributed by atoms with E-state index in [1.807, 2.05) is 32.0 Å². The number of rotatable bonds is 6. The highest BCUT2D eigenvalue weighted by Gasteiger charge is 2.05. The van der Waals surface area contributed by atoms with E-state index in [1.54, 1.807) is 12.1 Å². The summed E-state index contributed by atoms with van der Waals surface area (Å²) in [7, 11) is 1.47. The Hall–Kier alpha value is -3.02. The van der Waals surface area contributed by atoms with Gasteiger partial charge in [-0.05, 0) is 54.8 Å². The average Bonchev–Trinajstić information content (AvgIpc) is 2.56. The molecule has 0 heterocycles. The standard InChI is InChI=1S/C18H20N2O4/c1-12-4-5-13(2)17(8-12)24-11-18(22)20-19-10-14-6-7-16(23-3)15(21)9-14/h4-10,21H,11H2,1-3H3,(H,20,22)/b19-10-. The largest absolute Gasteiger partial charge is 0.504 e. The summed E-state index contributed by atoms with van der Waals surface area (Å²) in [5.74, 6) is 0.684. The van der Waals surface area contributed by atoms with Gasteiger partial charge in [-0.25, -0.2) is 5.43 Å². The number of ether oxygens (including phenoxy) is 2. The van der Waals surface area contributed by atoms with Crippen LogP contribution in [0.1, 0.15) is 16.7 Å². The maximum Gasteiger partial charge on any atom is 0.277 e. The third-order valence-corrected chi connectivity index (χ3v) is 3.31. The number of hydrogen-bond donors (Lipinski definition) is 2. The molecular formula is C18H20N2O4. The molecule has 0 saturated heterocycles. The average molecular weight is 328 g/mol. The van der Waals surface area contributed by atoms with Gasteiger partial charge in [0.2, 0.25) is 0 Å². The Kier molecular flexibility index (Phi) is 5.78. The number of nitrogens with one attached hydrogen (secondary N) is 1. The lowest BCUT2D eigenvalue weighted by molar-refractivity contribution is -0.123. The summed E-state index contributed by atoms with van der Waals surface area (Å²) in [5, 5.41) is 13.5. The van der Waals surface area contributed by atoms with Gasteiger partial charge in [-0.2, -0.15) is 5.10 Å². The van der Waals surface area contributed by atoms with Gasteiger partial charge in [0.05, 0.1) is 13.3 Å². The fraction of sp³-hybridized carbons (Fsp3) is 0.222. The molecule has 6 heteroatoms. The van der Waals surface area contributed by atoms with E-state index in [4.69, 9.17) is 9.47 Å². The second-order valence-corrected chi connectivity index (χ2v) is 5.28. The molecule has 0 aliphatic carbocycles. The first-order valence-corrected chi connectivity index (χ1v) is 7.38. The smallest absolute Gasteiger partial charge is 0.277 e. The SMILES string of the molecule is COc1ccc(/C=N\NC(=O)COc2cc(C)ccc2C)cc1O. The second-order valence-electron chi connectivity index (χ2n) is 5.28. The summed E-state index contributed by atoms with van der Waals surface area (Å²) in [6.45, 7) is 3.75. The maximum atomic E-state index is 11.8. The molecule has 0 aliphatic rings. The molecule has 6 nitrogen and oxygen atoms in total. The Balaban J connectivity index is 1.86. The van der Waals surface area contributed by atoms with E-state index in [9.17, 15) is 9.90 Å². The van der Waals surface area contributed by atoms with Gasteiger partial charge >= 0.3 is 0 Å². The van der Waals surface area contributed by atoms with Crippen LogP contribution in [0.15, 0.2) is 41.5 Å². The molecule has 0 radical (unpaired) electrons. The van der Waals surface area contributed by atoms with E-state index in [0.717, 1.165) is 11.1 Å². The summed E-state index contributed by atoms with van der Waals surface area (Å²) in [5.41, 5.74) is 5.03. The molecule has 1 amide bonds. The lowest BCUT2D eigenvalue weighted by Gasteiger charge is -2.08. The molecule has 0 spiro atoms. The Morgan fingerprint density at radius 2 is 2.00 bits per heavy atom. The van der Waals surface area contributed by atoms with Crippen molar-refractivity contribution in [1.29, 1.82) is 0 Å². The van der Waals surface area contributed by atoms with Crippen molar-refractivity contribution in [2.45, 2.75) is 13.8 Å². The molecule has 2 aromatic carbocycles. The molecule has 2 rings (SSSR count). The van der Waals surface area contributed by atoms with Crippen LogP contribution in [-0.2, 0) is 4.79 Å². The summed E-state index contributed by atoms with van der Waals surface area (Å²) < 4.78 is 10.4. The number of carbonyl (C=O) groups excluding carboxylic acids is 1. The summed E-state index contributed by atoms with van der Waals surface area (Å²) >= 11 is 0.